The number of amides is 3. The second-order valence-electron chi connectivity index (χ2n) is 7.63. The largest absolute Gasteiger partial charge is 0.352 e. The number of carbonyl (C=O) groups excluding carboxylic acids is 2. The molecule has 0 unspecified atom stereocenters. The van der Waals surface area contributed by atoms with Crippen LogP contribution in [0.1, 0.15) is 29.5 Å². The minimum Gasteiger partial charge on any atom is -0.352 e. The van der Waals surface area contributed by atoms with E-state index in [0.717, 1.165) is 38.0 Å². The van der Waals surface area contributed by atoms with E-state index >= 15 is 0 Å². The SMILES string of the molecule is Cc1ccc(CNC(=O)NCC(=O)NC2CCN(Cc3ccccc3)CC2)cc1. The van der Waals surface area contributed by atoms with Crippen LogP contribution in [0.3, 0.4) is 0 Å². The Kier molecular flexibility index (Phi) is 7.64. The number of aryl methyl sites for hydroxylation is 1. The topological polar surface area (TPSA) is 73.5 Å². The van der Waals surface area contributed by atoms with Gasteiger partial charge in [-0.1, -0.05) is 60.2 Å². The second kappa shape index (κ2) is 10.6. The lowest BCUT2D eigenvalue weighted by atomic mass is 10.0. The highest BCUT2D eigenvalue weighted by Crippen LogP contribution is 2.13. The summed E-state index contributed by atoms with van der Waals surface area (Å²) in [6, 6.07) is 18.2. The molecule has 0 spiro atoms. The molecule has 0 radical (unpaired) electrons. The third-order valence-electron chi connectivity index (χ3n) is 5.18. The number of benzene rings is 2. The molecule has 2 aromatic rings. The first-order valence-corrected chi connectivity index (χ1v) is 10.2. The Morgan fingerprint density at radius 1 is 0.931 bits per heavy atom. The third-order valence-corrected chi connectivity index (χ3v) is 5.18. The Bertz CT molecular complexity index is 784. The number of nitrogens with zero attached hydrogens (tertiary/aromatic N) is 1. The number of rotatable bonds is 7. The standard InChI is InChI=1S/C23H30N4O2/c1-18-7-9-19(10-8-18)15-24-23(29)25-16-22(28)26-21-11-13-27(14-12-21)17-20-5-3-2-4-6-20/h2-10,21H,11-17H2,1H3,(H,26,28)(H2,24,25,29). The van der Waals surface area contributed by atoms with Crippen molar-refractivity contribution in [3.8, 4) is 0 Å². The lowest BCUT2D eigenvalue weighted by Gasteiger charge is -2.32. The van der Waals surface area contributed by atoms with Gasteiger partial charge >= 0.3 is 6.03 Å². The third kappa shape index (κ3) is 7.23. The molecule has 3 N–H and O–H groups in total. The molecule has 0 atom stereocenters. The first-order valence-electron chi connectivity index (χ1n) is 10.2. The molecule has 3 amide bonds. The maximum Gasteiger partial charge on any atom is 0.315 e. The van der Waals surface area contributed by atoms with Gasteiger partial charge in [0.1, 0.15) is 0 Å². The molecule has 1 saturated heterocycles. The molecule has 0 aliphatic carbocycles. The molecule has 0 saturated carbocycles. The summed E-state index contributed by atoms with van der Waals surface area (Å²) in [5, 5.41) is 8.42. The summed E-state index contributed by atoms with van der Waals surface area (Å²) >= 11 is 0. The molecule has 6 nitrogen and oxygen atoms in total. The Morgan fingerprint density at radius 2 is 1.62 bits per heavy atom. The minimum absolute atomic E-state index is 0.00996. The zero-order chi connectivity index (χ0) is 20.5. The monoisotopic (exact) mass is 394 g/mol. The first-order chi connectivity index (χ1) is 14.1. The van der Waals surface area contributed by atoms with E-state index in [-0.39, 0.29) is 24.5 Å². The van der Waals surface area contributed by atoms with Crippen LogP contribution in [0.5, 0.6) is 0 Å². The zero-order valence-corrected chi connectivity index (χ0v) is 17.0. The molecule has 29 heavy (non-hydrogen) atoms. The van der Waals surface area contributed by atoms with Crippen molar-refractivity contribution in [3.63, 3.8) is 0 Å². The van der Waals surface area contributed by atoms with Crippen molar-refractivity contribution < 1.29 is 9.59 Å². The van der Waals surface area contributed by atoms with Crippen LogP contribution in [0, 0.1) is 6.92 Å². The smallest absolute Gasteiger partial charge is 0.315 e. The Morgan fingerprint density at radius 3 is 2.31 bits per heavy atom. The fourth-order valence-electron chi connectivity index (χ4n) is 3.47. The van der Waals surface area contributed by atoms with Gasteiger partial charge in [-0.15, -0.1) is 0 Å². The highest BCUT2D eigenvalue weighted by molar-refractivity contribution is 5.84. The zero-order valence-electron chi connectivity index (χ0n) is 17.0. The number of hydrogen-bond donors (Lipinski definition) is 3. The molecule has 6 heteroatoms. The maximum absolute atomic E-state index is 12.1. The number of piperidine rings is 1. The van der Waals surface area contributed by atoms with E-state index < -0.39 is 0 Å². The average Bonchev–Trinajstić information content (AvgIpc) is 2.74. The molecule has 1 heterocycles. The van der Waals surface area contributed by atoms with E-state index in [0.29, 0.717) is 6.54 Å². The van der Waals surface area contributed by atoms with E-state index in [1.54, 1.807) is 0 Å². The van der Waals surface area contributed by atoms with Crippen molar-refractivity contribution >= 4 is 11.9 Å². The highest BCUT2D eigenvalue weighted by Gasteiger charge is 2.20. The molecule has 0 bridgehead atoms. The highest BCUT2D eigenvalue weighted by atomic mass is 16.2. The lowest BCUT2D eigenvalue weighted by Crippen LogP contribution is -2.48. The van der Waals surface area contributed by atoms with Gasteiger partial charge in [-0.25, -0.2) is 4.79 Å². The van der Waals surface area contributed by atoms with Crippen molar-refractivity contribution in [2.45, 2.75) is 38.9 Å². The van der Waals surface area contributed by atoms with E-state index in [1.165, 1.54) is 11.1 Å². The summed E-state index contributed by atoms with van der Waals surface area (Å²) in [6.07, 6.45) is 1.86. The molecule has 2 aromatic carbocycles. The van der Waals surface area contributed by atoms with E-state index in [9.17, 15) is 9.59 Å². The van der Waals surface area contributed by atoms with Gasteiger partial charge in [-0.2, -0.15) is 0 Å². The molecule has 3 rings (SSSR count). The van der Waals surface area contributed by atoms with Crippen molar-refractivity contribution in [2.75, 3.05) is 19.6 Å². The van der Waals surface area contributed by atoms with Crippen molar-refractivity contribution in [1.29, 1.82) is 0 Å². The van der Waals surface area contributed by atoms with Gasteiger partial charge in [0.2, 0.25) is 5.91 Å². The number of hydrogen-bond acceptors (Lipinski definition) is 3. The van der Waals surface area contributed by atoms with E-state index in [4.69, 9.17) is 0 Å². The van der Waals surface area contributed by atoms with E-state index in [2.05, 4.69) is 45.1 Å². The fourth-order valence-corrected chi connectivity index (χ4v) is 3.47. The van der Waals surface area contributed by atoms with Gasteiger partial charge in [0, 0.05) is 32.2 Å². The normalized spacial score (nSPS) is 14.9. The van der Waals surface area contributed by atoms with Crippen molar-refractivity contribution in [3.05, 3.63) is 71.3 Å². The summed E-state index contributed by atoms with van der Waals surface area (Å²) in [6.45, 7) is 5.33. The number of urea groups is 1. The average molecular weight is 395 g/mol. The van der Waals surface area contributed by atoms with Crippen molar-refractivity contribution in [2.24, 2.45) is 0 Å². The number of nitrogens with one attached hydrogen (secondary N) is 3. The quantitative estimate of drug-likeness (QED) is 0.676. The van der Waals surface area contributed by atoms with Crippen LogP contribution in [-0.4, -0.2) is 42.5 Å². The van der Waals surface area contributed by atoms with Gasteiger partial charge in [-0.3, -0.25) is 9.69 Å². The lowest BCUT2D eigenvalue weighted by molar-refractivity contribution is -0.121. The van der Waals surface area contributed by atoms with Gasteiger partial charge < -0.3 is 16.0 Å². The summed E-state index contributed by atoms with van der Waals surface area (Å²) in [5.74, 6) is -0.142. The second-order valence-corrected chi connectivity index (χ2v) is 7.63. The summed E-state index contributed by atoms with van der Waals surface area (Å²) in [7, 11) is 0. The van der Waals surface area contributed by atoms with Gasteiger partial charge in [0.05, 0.1) is 6.54 Å². The summed E-state index contributed by atoms with van der Waals surface area (Å²) in [4.78, 5) is 26.4. The van der Waals surface area contributed by atoms with E-state index in [1.807, 2.05) is 37.3 Å². The molecule has 1 fully saturated rings. The number of carbonyl (C=O) groups is 2. The van der Waals surface area contributed by atoms with Crippen LogP contribution in [0.15, 0.2) is 54.6 Å². The van der Waals surface area contributed by atoms with Gasteiger partial charge in [-0.05, 0) is 30.9 Å². The molecular formula is C23H30N4O2. The maximum atomic E-state index is 12.1. The predicted octanol–water partition coefficient (Wildman–Crippen LogP) is 2.58. The van der Waals surface area contributed by atoms with Gasteiger partial charge in [0.25, 0.3) is 0 Å². The Balaban J connectivity index is 1.29. The molecule has 1 aliphatic rings. The van der Waals surface area contributed by atoms with Crippen LogP contribution in [0.25, 0.3) is 0 Å². The minimum atomic E-state index is -0.335. The first kappa shape index (κ1) is 20.9. The number of likely N-dealkylation sites (tertiary alicyclic amines) is 1. The molecule has 154 valence electrons. The van der Waals surface area contributed by atoms with Crippen LogP contribution in [0.4, 0.5) is 4.79 Å². The predicted molar refractivity (Wildman–Crippen MR) is 114 cm³/mol. The van der Waals surface area contributed by atoms with Crippen LogP contribution in [0.2, 0.25) is 0 Å². The molecule has 1 aliphatic heterocycles. The van der Waals surface area contributed by atoms with Crippen LogP contribution < -0.4 is 16.0 Å². The Hall–Kier alpha value is -2.86. The van der Waals surface area contributed by atoms with Gasteiger partial charge in [0.15, 0.2) is 0 Å². The van der Waals surface area contributed by atoms with Crippen LogP contribution in [-0.2, 0) is 17.9 Å². The fraction of sp³-hybridized carbons (Fsp3) is 0.391. The molecule has 0 aromatic heterocycles. The Labute approximate surface area is 172 Å². The summed E-state index contributed by atoms with van der Waals surface area (Å²) < 4.78 is 0. The summed E-state index contributed by atoms with van der Waals surface area (Å²) in [5.41, 5.74) is 3.52. The van der Waals surface area contributed by atoms with Crippen molar-refractivity contribution in [1.82, 2.24) is 20.9 Å². The molecular weight excluding hydrogens is 364 g/mol. The van der Waals surface area contributed by atoms with Crippen LogP contribution >= 0.6 is 0 Å².